The molecule has 0 aromatic heterocycles. The quantitative estimate of drug-likeness (QED) is 0.569. The van der Waals surface area contributed by atoms with E-state index in [0.29, 0.717) is 11.1 Å². The molecule has 13 heavy (non-hydrogen) atoms. The van der Waals surface area contributed by atoms with E-state index in [9.17, 15) is 4.79 Å². The Balaban J connectivity index is 2.46. The molecule has 4 nitrogen and oxygen atoms in total. The largest absolute Gasteiger partial charge is 0.439 e. The van der Waals surface area contributed by atoms with E-state index in [4.69, 9.17) is 4.74 Å². The first kappa shape index (κ1) is 6.54. The highest BCUT2D eigenvalue weighted by Crippen LogP contribution is 2.17. The molecule has 0 saturated heterocycles. The van der Waals surface area contributed by atoms with Crippen LogP contribution in [0, 0.1) is 0 Å². The van der Waals surface area contributed by atoms with E-state index in [1.54, 1.807) is 12.3 Å². The Hall–Kier alpha value is -1.97. The Morgan fingerprint density at radius 3 is 3.00 bits per heavy atom. The second-order valence-corrected chi connectivity index (χ2v) is 2.77. The number of ether oxygens (including phenoxy) is 1. The lowest BCUT2D eigenvalue weighted by Crippen LogP contribution is -2.11. The topological polar surface area (TPSA) is 51.0 Å². The zero-order chi connectivity index (χ0) is 8.84. The number of hydrogen-bond acceptors (Lipinski definition) is 3. The number of carbonyl (C=O) groups is 1. The normalized spacial score (nSPS) is 15.8. The fraction of sp³-hybridized carbons (Fsp3) is 0. The van der Waals surface area contributed by atoms with Crippen LogP contribution < -0.4 is 15.5 Å². The highest BCUT2D eigenvalue weighted by atomic mass is 16.6. The summed E-state index contributed by atoms with van der Waals surface area (Å²) >= 11 is 0. The van der Waals surface area contributed by atoms with Gasteiger partial charge < -0.3 is 4.74 Å². The summed E-state index contributed by atoms with van der Waals surface area (Å²) in [7, 11) is 0. The number of rotatable bonds is 0. The highest BCUT2D eigenvalue weighted by Gasteiger charge is 2.18. The van der Waals surface area contributed by atoms with E-state index < -0.39 is 6.09 Å². The minimum Gasteiger partial charge on any atom is -0.406 e. The van der Waals surface area contributed by atoms with Crippen molar-refractivity contribution in [2.75, 3.05) is 0 Å². The van der Waals surface area contributed by atoms with Gasteiger partial charge in [-0.25, -0.2) is 4.79 Å². The molecule has 2 heterocycles. The van der Waals surface area contributed by atoms with Gasteiger partial charge in [0.25, 0.3) is 0 Å². The number of hydrogen-bond donors (Lipinski definition) is 0. The predicted octanol–water partition coefficient (Wildman–Crippen LogP) is 0.423. The third-order valence-corrected chi connectivity index (χ3v) is 2.01. The van der Waals surface area contributed by atoms with Crippen LogP contribution in [0.2, 0.25) is 0 Å². The first-order chi connectivity index (χ1) is 6.34. The molecule has 0 unspecified atom stereocenters. The lowest BCUT2D eigenvalue weighted by Gasteiger charge is -1.96. The molecule has 0 atom stereocenters. The van der Waals surface area contributed by atoms with E-state index >= 15 is 0 Å². The Morgan fingerprint density at radius 2 is 2.08 bits per heavy atom. The summed E-state index contributed by atoms with van der Waals surface area (Å²) in [6, 6.07) is 3.55. The van der Waals surface area contributed by atoms with E-state index in [1.165, 1.54) is 0 Å². The summed E-state index contributed by atoms with van der Waals surface area (Å²) in [5, 5.41) is 1.41. The Labute approximate surface area is 72.9 Å². The lowest BCUT2D eigenvalue weighted by molar-refractivity contribution is 0.215. The number of benzene rings is 1. The maximum Gasteiger partial charge on any atom is 0.439 e. The van der Waals surface area contributed by atoms with Gasteiger partial charge >= 0.3 is 6.09 Å². The van der Waals surface area contributed by atoms with Gasteiger partial charge in [-0.1, -0.05) is 0 Å². The SMILES string of the molecule is O=C1N=c2ccc3c(c2O1)C=CN=3. The molecule has 0 bridgehead atoms. The van der Waals surface area contributed by atoms with Crippen LogP contribution in [0.4, 0.5) is 4.79 Å². The standard InChI is InChI=1S/C9H4N2O2/c12-9-11-7-2-1-6-5(3-4-10-6)8(7)13-9/h1-4H. The average Bonchev–Trinajstić information content (AvgIpc) is 2.65. The van der Waals surface area contributed by atoms with E-state index in [1.807, 2.05) is 12.1 Å². The van der Waals surface area contributed by atoms with Crippen molar-refractivity contribution in [1.82, 2.24) is 0 Å². The van der Waals surface area contributed by atoms with Crippen molar-refractivity contribution in [1.29, 1.82) is 0 Å². The Bertz CT molecular complexity index is 558. The van der Waals surface area contributed by atoms with E-state index in [-0.39, 0.29) is 0 Å². The van der Waals surface area contributed by atoms with Crippen LogP contribution in [-0.2, 0) is 0 Å². The molecular weight excluding hydrogens is 168 g/mol. The summed E-state index contributed by atoms with van der Waals surface area (Å²) in [5.41, 5.74) is 0.840. The molecule has 62 valence electrons. The van der Waals surface area contributed by atoms with Gasteiger partial charge in [-0.2, -0.15) is 4.99 Å². The average molecular weight is 172 g/mol. The number of fused-ring (bicyclic) bond motifs is 3. The number of nitrogens with zero attached hydrogens (tertiary/aromatic N) is 2. The van der Waals surface area contributed by atoms with Crippen molar-refractivity contribution in [2.45, 2.75) is 0 Å². The first-order valence-electron chi connectivity index (χ1n) is 3.82. The lowest BCUT2D eigenvalue weighted by atomic mass is 10.2. The second-order valence-electron chi connectivity index (χ2n) is 2.77. The molecule has 0 saturated carbocycles. The molecule has 2 aliphatic rings. The van der Waals surface area contributed by atoms with Crippen LogP contribution in [0.1, 0.15) is 5.56 Å². The summed E-state index contributed by atoms with van der Waals surface area (Å²) in [5.74, 6) is 0.528. The summed E-state index contributed by atoms with van der Waals surface area (Å²) < 4.78 is 4.93. The third kappa shape index (κ3) is 0.767. The monoisotopic (exact) mass is 172 g/mol. The molecular formula is C9H4N2O2. The molecule has 3 rings (SSSR count). The van der Waals surface area contributed by atoms with Gasteiger partial charge in [0.1, 0.15) is 5.36 Å². The van der Waals surface area contributed by atoms with Crippen LogP contribution in [0.15, 0.2) is 28.3 Å². The van der Waals surface area contributed by atoms with Crippen molar-refractivity contribution >= 4 is 12.2 Å². The van der Waals surface area contributed by atoms with Gasteiger partial charge in [0, 0.05) is 11.8 Å². The molecule has 0 N–H and O–H groups in total. The summed E-state index contributed by atoms with van der Waals surface area (Å²) in [6.07, 6.45) is 2.93. The van der Waals surface area contributed by atoms with Crippen molar-refractivity contribution < 1.29 is 9.53 Å². The number of carbonyl (C=O) groups excluding carboxylic acids is 1. The highest BCUT2D eigenvalue weighted by molar-refractivity contribution is 5.77. The van der Waals surface area contributed by atoms with Gasteiger partial charge in [0.05, 0.1) is 5.36 Å². The van der Waals surface area contributed by atoms with E-state index in [2.05, 4.69) is 9.98 Å². The zero-order valence-corrected chi connectivity index (χ0v) is 6.52. The summed E-state index contributed by atoms with van der Waals surface area (Å²) in [6.45, 7) is 0. The van der Waals surface area contributed by atoms with Crippen LogP contribution in [0.3, 0.4) is 0 Å². The van der Waals surface area contributed by atoms with Crippen molar-refractivity contribution in [3.05, 3.63) is 34.6 Å². The molecule has 2 aliphatic heterocycles. The molecule has 0 aliphatic carbocycles. The van der Waals surface area contributed by atoms with Crippen molar-refractivity contribution in [3.8, 4) is 5.75 Å². The van der Waals surface area contributed by atoms with Crippen LogP contribution >= 0.6 is 0 Å². The molecule has 0 radical (unpaired) electrons. The maximum atomic E-state index is 10.9. The van der Waals surface area contributed by atoms with Gasteiger partial charge in [-0.15, -0.1) is 0 Å². The molecule has 1 amide bonds. The summed E-state index contributed by atoms with van der Waals surface area (Å²) in [4.78, 5) is 18.6. The molecule has 0 spiro atoms. The molecule has 4 heteroatoms. The fourth-order valence-electron chi connectivity index (χ4n) is 1.45. The van der Waals surface area contributed by atoms with Gasteiger partial charge in [0.15, 0.2) is 5.75 Å². The Morgan fingerprint density at radius 1 is 1.23 bits per heavy atom. The van der Waals surface area contributed by atoms with E-state index in [0.717, 1.165) is 10.9 Å². The maximum absolute atomic E-state index is 10.9. The minimum absolute atomic E-state index is 0.528. The first-order valence-corrected chi connectivity index (χ1v) is 3.82. The van der Waals surface area contributed by atoms with Gasteiger partial charge in [0.2, 0.25) is 0 Å². The fourth-order valence-corrected chi connectivity index (χ4v) is 1.45. The third-order valence-electron chi connectivity index (χ3n) is 2.01. The van der Waals surface area contributed by atoms with Gasteiger partial charge in [-0.05, 0) is 18.2 Å². The molecule has 1 aromatic rings. The molecule has 0 fully saturated rings. The van der Waals surface area contributed by atoms with Crippen LogP contribution in [-0.4, -0.2) is 6.09 Å². The van der Waals surface area contributed by atoms with Gasteiger partial charge in [-0.3, -0.25) is 4.99 Å². The van der Waals surface area contributed by atoms with Crippen molar-refractivity contribution in [3.63, 3.8) is 0 Å². The minimum atomic E-state index is -0.552. The second kappa shape index (κ2) is 2.04. The van der Waals surface area contributed by atoms with Crippen LogP contribution in [0.25, 0.3) is 6.08 Å². The number of amides is 1. The predicted molar refractivity (Wildman–Crippen MR) is 43.8 cm³/mol. The Kier molecular flexibility index (Phi) is 1.02. The van der Waals surface area contributed by atoms with Crippen LogP contribution in [0.5, 0.6) is 5.75 Å². The zero-order valence-electron chi connectivity index (χ0n) is 6.52. The van der Waals surface area contributed by atoms with Crippen molar-refractivity contribution in [2.24, 2.45) is 9.98 Å². The molecule has 1 aromatic carbocycles. The smallest absolute Gasteiger partial charge is 0.406 e.